The summed E-state index contributed by atoms with van der Waals surface area (Å²) < 4.78 is 6.80. The topological polar surface area (TPSA) is 35.2 Å². The largest absolute Gasteiger partial charge is 0.494 e. The molecule has 1 aromatic heterocycles. The van der Waals surface area contributed by atoms with E-state index in [1.54, 1.807) is 11.3 Å². The van der Waals surface area contributed by atoms with E-state index >= 15 is 0 Å². The van der Waals surface area contributed by atoms with Gasteiger partial charge in [0.25, 0.3) is 0 Å². The fraction of sp³-hybridized carbons (Fsp3) is 0.333. The summed E-state index contributed by atoms with van der Waals surface area (Å²) in [4.78, 5) is 1.16. The summed E-state index contributed by atoms with van der Waals surface area (Å²) in [6, 6.07) is 10.1. The Bertz CT molecular complexity index is 533. The molecule has 0 saturated heterocycles. The van der Waals surface area contributed by atoms with E-state index in [9.17, 15) is 0 Å². The molecule has 0 amide bonds. The van der Waals surface area contributed by atoms with Crippen molar-refractivity contribution >= 4 is 27.3 Å². The van der Waals surface area contributed by atoms with Crippen LogP contribution in [0.1, 0.15) is 35.4 Å². The highest BCUT2D eigenvalue weighted by molar-refractivity contribution is 9.11. The molecule has 1 unspecified atom stereocenters. The molecule has 102 valence electrons. The summed E-state index contributed by atoms with van der Waals surface area (Å²) in [6.07, 6.45) is 1.01. The standard InChI is InChI=1S/C15H18BrNOS/c1-3-7-18-12-6-4-5-11(9-12)14(17)13-8-10(2)15(16)19-13/h4-6,8-9,14H,3,7,17H2,1-2H3. The van der Waals surface area contributed by atoms with Crippen molar-refractivity contribution in [1.82, 2.24) is 0 Å². The number of halogens is 1. The second-order valence-electron chi connectivity index (χ2n) is 4.50. The highest BCUT2D eigenvalue weighted by atomic mass is 79.9. The van der Waals surface area contributed by atoms with E-state index < -0.39 is 0 Å². The Morgan fingerprint density at radius 2 is 2.16 bits per heavy atom. The van der Waals surface area contributed by atoms with Gasteiger partial charge >= 0.3 is 0 Å². The molecule has 4 heteroatoms. The Balaban J connectivity index is 2.20. The molecule has 0 saturated carbocycles. The molecule has 2 N–H and O–H groups in total. The van der Waals surface area contributed by atoms with E-state index in [2.05, 4.69) is 35.8 Å². The first-order chi connectivity index (χ1) is 9.11. The molecule has 0 aliphatic carbocycles. The van der Waals surface area contributed by atoms with E-state index in [1.165, 1.54) is 5.56 Å². The molecular weight excluding hydrogens is 322 g/mol. The number of aryl methyl sites for hydroxylation is 1. The van der Waals surface area contributed by atoms with Gasteiger partial charge in [0.15, 0.2) is 0 Å². The lowest BCUT2D eigenvalue weighted by Gasteiger charge is -2.12. The minimum absolute atomic E-state index is 0.0971. The van der Waals surface area contributed by atoms with Gasteiger partial charge in [-0.1, -0.05) is 19.1 Å². The van der Waals surface area contributed by atoms with Gasteiger partial charge in [-0.05, 0) is 58.6 Å². The van der Waals surface area contributed by atoms with E-state index in [4.69, 9.17) is 10.5 Å². The van der Waals surface area contributed by atoms with E-state index in [-0.39, 0.29) is 6.04 Å². The maximum Gasteiger partial charge on any atom is 0.119 e. The van der Waals surface area contributed by atoms with Crippen molar-refractivity contribution < 1.29 is 4.74 Å². The molecule has 0 bridgehead atoms. The van der Waals surface area contributed by atoms with Gasteiger partial charge in [-0.15, -0.1) is 11.3 Å². The number of hydrogen-bond acceptors (Lipinski definition) is 3. The van der Waals surface area contributed by atoms with E-state index in [0.717, 1.165) is 33.0 Å². The minimum Gasteiger partial charge on any atom is -0.494 e. The molecule has 0 spiro atoms. The molecule has 19 heavy (non-hydrogen) atoms. The summed E-state index contributed by atoms with van der Waals surface area (Å²) >= 11 is 5.24. The molecule has 0 fully saturated rings. The smallest absolute Gasteiger partial charge is 0.119 e. The van der Waals surface area contributed by atoms with Gasteiger partial charge in [0.05, 0.1) is 16.4 Å². The Hall–Kier alpha value is -0.840. The first kappa shape index (κ1) is 14.6. The summed E-state index contributed by atoms with van der Waals surface area (Å²) in [5.41, 5.74) is 8.65. The Morgan fingerprint density at radius 1 is 1.37 bits per heavy atom. The monoisotopic (exact) mass is 339 g/mol. The third-order valence-electron chi connectivity index (χ3n) is 2.87. The molecule has 0 radical (unpaired) electrons. The summed E-state index contributed by atoms with van der Waals surface area (Å²) in [6.45, 7) is 4.92. The summed E-state index contributed by atoms with van der Waals surface area (Å²) in [7, 11) is 0. The van der Waals surface area contributed by atoms with Crippen LogP contribution >= 0.6 is 27.3 Å². The van der Waals surface area contributed by atoms with Crippen LogP contribution in [0.3, 0.4) is 0 Å². The lowest BCUT2D eigenvalue weighted by atomic mass is 10.1. The minimum atomic E-state index is -0.0971. The van der Waals surface area contributed by atoms with Crippen molar-refractivity contribution in [2.24, 2.45) is 5.73 Å². The fourth-order valence-electron chi connectivity index (χ4n) is 1.82. The Morgan fingerprint density at radius 3 is 2.79 bits per heavy atom. The normalized spacial score (nSPS) is 12.4. The molecule has 2 rings (SSSR count). The number of nitrogens with two attached hydrogens (primary N) is 1. The van der Waals surface area contributed by atoms with Crippen molar-refractivity contribution in [3.8, 4) is 5.75 Å². The highest BCUT2D eigenvalue weighted by Crippen LogP contribution is 2.33. The molecule has 0 aliphatic rings. The van der Waals surface area contributed by atoms with E-state index in [1.807, 2.05) is 24.3 Å². The average molecular weight is 340 g/mol. The second-order valence-corrected chi connectivity index (χ2v) is 6.91. The van der Waals surface area contributed by atoms with Crippen molar-refractivity contribution in [3.05, 3.63) is 50.1 Å². The molecular formula is C15H18BrNOS. The number of hydrogen-bond donors (Lipinski definition) is 1. The highest BCUT2D eigenvalue weighted by Gasteiger charge is 2.13. The van der Waals surface area contributed by atoms with E-state index in [0.29, 0.717) is 0 Å². The third kappa shape index (κ3) is 3.59. The molecule has 1 heterocycles. The quantitative estimate of drug-likeness (QED) is 0.859. The molecule has 2 nitrogen and oxygen atoms in total. The van der Waals surface area contributed by atoms with Crippen molar-refractivity contribution in [1.29, 1.82) is 0 Å². The zero-order valence-electron chi connectivity index (χ0n) is 11.2. The number of benzene rings is 1. The predicted octanol–water partition coefficient (Wildman–Crippen LogP) is 4.66. The number of thiophene rings is 1. The van der Waals surface area contributed by atoms with Crippen molar-refractivity contribution in [2.75, 3.05) is 6.61 Å². The Kier molecular flexibility index (Phi) is 5.02. The van der Waals surface area contributed by atoms with Crippen LogP contribution in [0.2, 0.25) is 0 Å². The van der Waals surface area contributed by atoms with Crippen LogP contribution in [0.4, 0.5) is 0 Å². The summed E-state index contributed by atoms with van der Waals surface area (Å²) in [5, 5.41) is 0. The van der Waals surface area contributed by atoms with Crippen LogP contribution in [-0.2, 0) is 0 Å². The van der Waals surface area contributed by atoms with Gasteiger partial charge in [0, 0.05) is 4.88 Å². The number of ether oxygens (including phenoxy) is 1. The Labute approximate surface area is 126 Å². The van der Waals surface area contributed by atoms with Crippen LogP contribution in [0.25, 0.3) is 0 Å². The lowest BCUT2D eigenvalue weighted by Crippen LogP contribution is -2.10. The zero-order chi connectivity index (χ0) is 13.8. The van der Waals surface area contributed by atoms with Gasteiger partial charge in [0.2, 0.25) is 0 Å². The third-order valence-corrected chi connectivity index (χ3v) is 5.09. The molecule has 2 aromatic rings. The first-order valence-electron chi connectivity index (χ1n) is 6.36. The molecule has 1 atom stereocenters. The first-order valence-corrected chi connectivity index (χ1v) is 7.97. The number of rotatable bonds is 5. The molecule has 0 aliphatic heterocycles. The molecule has 1 aromatic carbocycles. The van der Waals surface area contributed by atoms with Crippen LogP contribution < -0.4 is 10.5 Å². The summed E-state index contributed by atoms with van der Waals surface area (Å²) in [5.74, 6) is 0.891. The fourth-order valence-corrected chi connectivity index (χ4v) is 3.42. The van der Waals surface area contributed by atoms with Gasteiger partial charge in [-0.25, -0.2) is 0 Å². The van der Waals surface area contributed by atoms with Crippen LogP contribution in [0.5, 0.6) is 5.75 Å². The van der Waals surface area contributed by atoms with Gasteiger partial charge in [0.1, 0.15) is 5.75 Å². The lowest BCUT2D eigenvalue weighted by molar-refractivity contribution is 0.317. The maximum atomic E-state index is 6.33. The van der Waals surface area contributed by atoms with Crippen LogP contribution in [0.15, 0.2) is 34.1 Å². The average Bonchev–Trinajstić information content (AvgIpc) is 2.76. The zero-order valence-corrected chi connectivity index (χ0v) is 13.6. The predicted molar refractivity (Wildman–Crippen MR) is 85.0 cm³/mol. The van der Waals surface area contributed by atoms with Crippen LogP contribution in [-0.4, -0.2) is 6.61 Å². The van der Waals surface area contributed by atoms with Gasteiger partial charge in [-0.3, -0.25) is 0 Å². The van der Waals surface area contributed by atoms with Gasteiger partial charge in [-0.2, -0.15) is 0 Å². The second kappa shape index (κ2) is 6.55. The van der Waals surface area contributed by atoms with Crippen molar-refractivity contribution in [3.63, 3.8) is 0 Å². The van der Waals surface area contributed by atoms with Gasteiger partial charge < -0.3 is 10.5 Å². The maximum absolute atomic E-state index is 6.33. The SMILES string of the molecule is CCCOc1cccc(C(N)c2cc(C)c(Br)s2)c1. The van der Waals surface area contributed by atoms with Crippen molar-refractivity contribution in [2.45, 2.75) is 26.3 Å². The van der Waals surface area contributed by atoms with Crippen LogP contribution in [0, 0.1) is 6.92 Å².